The second-order valence-electron chi connectivity index (χ2n) is 2.07. The fraction of sp³-hybridized carbons (Fsp3) is 0.125. The van der Waals surface area contributed by atoms with Gasteiger partial charge in [-0.05, 0) is 25.5 Å². The van der Waals surface area contributed by atoms with E-state index in [2.05, 4.69) is 6.92 Å². The van der Waals surface area contributed by atoms with Crippen molar-refractivity contribution < 1.29 is 13.2 Å². The molecule has 0 aliphatic rings. The first-order chi connectivity index (χ1) is 5.16. The molecule has 0 unspecified atom stereocenters. The molecule has 0 saturated heterocycles. The minimum absolute atomic E-state index is 0.0879. The summed E-state index contributed by atoms with van der Waals surface area (Å²) < 4.78 is 37.6. The average molecular weight is 159 g/mol. The van der Waals surface area contributed by atoms with Crippen LogP contribution in [0.15, 0.2) is 12.1 Å². The van der Waals surface area contributed by atoms with Crippen molar-refractivity contribution >= 4 is 0 Å². The largest absolute Gasteiger partial charge is 0.207 e. The molecule has 0 fully saturated rings. The normalized spacial score (nSPS) is 10.2. The summed E-state index contributed by atoms with van der Waals surface area (Å²) in [6.45, 7) is 3.27. The van der Waals surface area contributed by atoms with Crippen LogP contribution in [-0.4, -0.2) is 0 Å². The maximum Gasteiger partial charge on any atom is 0.164 e. The Morgan fingerprint density at radius 2 is 1.64 bits per heavy atom. The molecule has 0 amide bonds. The van der Waals surface area contributed by atoms with Gasteiger partial charge in [0.15, 0.2) is 11.6 Å². The van der Waals surface area contributed by atoms with Crippen molar-refractivity contribution in [1.82, 2.24) is 0 Å². The van der Waals surface area contributed by atoms with Crippen LogP contribution >= 0.6 is 0 Å². The molecule has 0 aliphatic carbocycles. The van der Waals surface area contributed by atoms with Crippen LogP contribution in [0.1, 0.15) is 5.56 Å². The van der Waals surface area contributed by atoms with Gasteiger partial charge in [0.25, 0.3) is 0 Å². The van der Waals surface area contributed by atoms with E-state index in [0.717, 1.165) is 12.1 Å². The van der Waals surface area contributed by atoms with Gasteiger partial charge < -0.3 is 0 Å². The summed E-state index contributed by atoms with van der Waals surface area (Å²) in [5.41, 5.74) is -0.301. The predicted molar refractivity (Wildman–Crippen MR) is 35.4 cm³/mol. The second kappa shape index (κ2) is 2.95. The Labute approximate surface area is 62.7 Å². The van der Waals surface area contributed by atoms with Crippen molar-refractivity contribution in [3.05, 3.63) is 42.1 Å². The maximum atomic E-state index is 12.6. The fourth-order valence-corrected chi connectivity index (χ4v) is 0.798. The Bertz CT molecular complexity index is 268. The lowest BCUT2D eigenvalue weighted by atomic mass is 10.1. The SMILES string of the molecule is [CH2]Cc1c(F)ccc(F)c1F. The zero-order chi connectivity index (χ0) is 8.43. The molecule has 0 spiro atoms. The molecule has 0 aliphatic heterocycles. The Morgan fingerprint density at radius 3 is 2.09 bits per heavy atom. The summed E-state index contributed by atoms with van der Waals surface area (Å²) in [5, 5.41) is 0. The van der Waals surface area contributed by atoms with E-state index in [4.69, 9.17) is 0 Å². The molecule has 0 bridgehead atoms. The van der Waals surface area contributed by atoms with Gasteiger partial charge in [-0.15, -0.1) is 0 Å². The summed E-state index contributed by atoms with van der Waals surface area (Å²) in [4.78, 5) is 0. The highest BCUT2D eigenvalue weighted by atomic mass is 19.2. The molecule has 0 aromatic heterocycles. The van der Waals surface area contributed by atoms with Crippen LogP contribution in [0.4, 0.5) is 13.2 Å². The molecule has 1 aromatic rings. The Morgan fingerprint density at radius 1 is 1.09 bits per heavy atom. The number of hydrogen-bond donors (Lipinski definition) is 0. The van der Waals surface area contributed by atoms with Gasteiger partial charge in [0.05, 0.1) is 0 Å². The minimum Gasteiger partial charge on any atom is -0.207 e. The lowest BCUT2D eigenvalue weighted by Gasteiger charge is -2.00. The van der Waals surface area contributed by atoms with Gasteiger partial charge >= 0.3 is 0 Å². The van der Waals surface area contributed by atoms with E-state index < -0.39 is 17.5 Å². The molecule has 0 N–H and O–H groups in total. The van der Waals surface area contributed by atoms with Gasteiger partial charge in [0, 0.05) is 5.56 Å². The topological polar surface area (TPSA) is 0 Å². The van der Waals surface area contributed by atoms with E-state index >= 15 is 0 Å². The minimum atomic E-state index is -1.14. The molecule has 0 saturated carbocycles. The van der Waals surface area contributed by atoms with Gasteiger partial charge in [0.2, 0.25) is 0 Å². The van der Waals surface area contributed by atoms with E-state index in [-0.39, 0.29) is 12.0 Å². The summed E-state index contributed by atoms with van der Waals surface area (Å²) in [5.74, 6) is -2.93. The lowest BCUT2D eigenvalue weighted by molar-refractivity contribution is 0.483. The van der Waals surface area contributed by atoms with Crippen molar-refractivity contribution in [3.8, 4) is 0 Å². The van der Waals surface area contributed by atoms with Crippen molar-refractivity contribution in [3.63, 3.8) is 0 Å². The highest BCUT2D eigenvalue weighted by molar-refractivity contribution is 5.21. The Kier molecular flexibility index (Phi) is 2.17. The van der Waals surface area contributed by atoms with Crippen LogP contribution in [0.3, 0.4) is 0 Å². The molecule has 1 radical (unpaired) electrons. The molecule has 11 heavy (non-hydrogen) atoms. The van der Waals surface area contributed by atoms with E-state index in [0.29, 0.717) is 0 Å². The van der Waals surface area contributed by atoms with Crippen molar-refractivity contribution in [2.45, 2.75) is 6.42 Å². The number of benzene rings is 1. The predicted octanol–water partition coefficient (Wildman–Crippen LogP) is 2.48. The standard InChI is InChI=1S/C8H6F3/c1-2-5-6(9)3-4-7(10)8(5)11/h3-4H,1-2H2. The quantitative estimate of drug-likeness (QED) is 0.552. The van der Waals surface area contributed by atoms with Crippen LogP contribution in [-0.2, 0) is 6.42 Å². The molecule has 1 aromatic carbocycles. The van der Waals surface area contributed by atoms with Crippen LogP contribution in [0.25, 0.3) is 0 Å². The van der Waals surface area contributed by atoms with Crippen LogP contribution in [0, 0.1) is 24.4 Å². The first-order valence-corrected chi connectivity index (χ1v) is 3.08. The summed E-state index contributed by atoms with van der Waals surface area (Å²) in [6, 6.07) is 1.64. The first-order valence-electron chi connectivity index (χ1n) is 3.08. The van der Waals surface area contributed by atoms with Gasteiger partial charge in [0.1, 0.15) is 5.82 Å². The van der Waals surface area contributed by atoms with Gasteiger partial charge in [-0.1, -0.05) is 0 Å². The van der Waals surface area contributed by atoms with E-state index in [9.17, 15) is 13.2 Å². The van der Waals surface area contributed by atoms with Crippen molar-refractivity contribution in [1.29, 1.82) is 0 Å². The smallest absolute Gasteiger partial charge is 0.164 e. The summed E-state index contributed by atoms with van der Waals surface area (Å²) in [7, 11) is 0. The molecule has 0 heterocycles. The summed E-state index contributed by atoms with van der Waals surface area (Å²) >= 11 is 0. The first kappa shape index (κ1) is 8.11. The Hall–Kier alpha value is -0.990. The number of hydrogen-bond acceptors (Lipinski definition) is 0. The third-order valence-corrected chi connectivity index (χ3v) is 1.39. The van der Waals surface area contributed by atoms with Crippen LogP contribution < -0.4 is 0 Å². The van der Waals surface area contributed by atoms with Crippen molar-refractivity contribution in [2.24, 2.45) is 0 Å². The lowest BCUT2D eigenvalue weighted by Crippen LogP contribution is -1.96. The fourth-order valence-electron chi connectivity index (χ4n) is 0.798. The maximum absolute atomic E-state index is 12.6. The molecule has 1 rings (SSSR count). The molecular weight excluding hydrogens is 153 g/mol. The van der Waals surface area contributed by atoms with E-state index in [1.54, 1.807) is 0 Å². The van der Waals surface area contributed by atoms with Crippen LogP contribution in [0.2, 0.25) is 0 Å². The molecule has 0 atom stereocenters. The number of halogens is 3. The van der Waals surface area contributed by atoms with E-state index in [1.807, 2.05) is 0 Å². The van der Waals surface area contributed by atoms with Gasteiger partial charge in [-0.25, -0.2) is 13.2 Å². The average Bonchev–Trinajstić information content (AvgIpc) is 1.99. The van der Waals surface area contributed by atoms with Crippen molar-refractivity contribution in [2.75, 3.05) is 0 Å². The monoisotopic (exact) mass is 159 g/mol. The second-order valence-corrected chi connectivity index (χ2v) is 2.07. The zero-order valence-electron chi connectivity index (χ0n) is 5.70. The highest BCUT2D eigenvalue weighted by Crippen LogP contribution is 2.15. The zero-order valence-corrected chi connectivity index (χ0v) is 5.70. The molecular formula is C8H6F3. The highest BCUT2D eigenvalue weighted by Gasteiger charge is 2.10. The number of rotatable bonds is 1. The van der Waals surface area contributed by atoms with Crippen LogP contribution in [0.5, 0.6) is 0 Å². The molecule has 0 nitrogen and oxygen atoms in total. The molecule has 59 valence electrons. The molecule has 3 heteroatoms. The summed E-state index contributed by atoms with van der Waals surface area (Å²) in [6.07, 6.45) is -0.0879. The Balaban J connectivity index is 3.29. The van der Waals surface area contributed by atoms with Gasteiger partial charge in [-0.3, -0.25) is 0 Å². The van der Waals surface area contributed by atoms with E-state index in [1.165, 1.54) is 0 Å². The third-order valence-electron chi connectivity index (χ3n) is 1.39. The van der Waals surface area contributed by atoms with Gasteiger partial charge in [-0.2, -0.15) is 0 Å². The third kappa shape index (κ3) is 1.37.